The van der Waals surface area contributed by atoms with Crippen molar-refractivity contribution in [3.63, 3.8) is 0 Å². The zero-order chi connectivity index (χ0) is 16.7. The maximum Gasteiger partial charge on any atom is 0.0711 e. The number of rotatable bonds is 1. The van der Waals surface area contributed by atoms with Gasteiger partial charge in [-0.1, -0.05) is 75.4 Å². The summed E-state index contributed by atoms with van der Waals surface area (Å²) in [7, 11) is 0. The molecule has 3 aromatic carbocycles. The SMILES string of the molecule is CC(C)(C)c1cc(-c2ccc3ccccc3c2)c2ccccc2n1. The number of pyridine rings is 1. The summed E-state index contributed by atoms with van der Waals surface area (Å²) in [5.41, 5.74) is 4.72. The lowest BCUT2D eigenvalue weighted by molar-refractivity contribution is 0.572. The van der Waals surface area contributed by atoms with Crippen LogP contribution in [0.5, 0.6) is 0 Å². The third-order valence-electron chi connectivity index (χ3n) is 4.55. The molecule has 4 aromatic rings. The van der Waals surface area contributed by atoms with Crippen LogP contribution >= 0.6 is 0 Å². The Hall–Kier alpha value is -2.67. The fraction of sp³-hybridized carbons (Fsp3) is 0.174. The molecule has 0 aliphatic rings. The van der Waals surface area contributed by atoms with Gasteiger partial charge in [0.1, 0.15) is 0 Å². The summed E-state index contributed by atoms with van der Waals surface area (Å²) in [6.07, 6.45) is 0. The average molecular weight is 311 g/mol. The van der Waals surface area contributed by atoms with Crippen molar-refractivity contribution in [1.82, 2.24) is 4.98 Å². The van der Waals surface area contributed by atoms with Crippen LogP contribution in [0.25, 0.3) is 32.8 Å². The Morgan fingerprint density at radius 2 is 1.42 bits per heavy atom. The predicted octanol–water partition coefficient (Wildman–Crippen LogP) is 6.35. The van der Waals surface area contributed by atoms with E-state index in [9.17, 15) is 0 Å². The van der Waals surface area contributed by atoms with E-state index in [2.05, 4.69) is 93.6 Å². The third-order valence-corrected chi connectivity index (χ3v) is 4.55. The molecule has 0 atom stereocenters. The molecular formula is C23H21N. The minimum Gasteiger partial charge on any atom is -0.252 e. The first-order valence-corrected chi connectivity index (χ1v) is 8.42. The van der Waals surface area contributed by atoms with Crippen molar-refractivity contribution in [3.05, 3.63) is 78.5 Å². The van der Waals surface area contributed by atoms with Crippen LogP contribution in [0.2, 0.25) is 0 Å². The third kappa shape index (κ3) is 2.56. The van der Waals surface area contributed by atoms with E-state index >= 15 is 0 Å². The molecule has 0 N–H and O–H groups in total. The van der Waals surface area contributed by atoms with Gasteiger partial charge in [-0.2, -0.15) is 0 Å². The van der Waals surface area contributed by atoms with Crippen molar-refractivity contribution in [1.29, 1.82) is 0 Å². The summed E-state index contributed by atoms with van der Waals surface area (Å²) in [6, 6.07) is 25.9. The van der Waals surface area contributed by atoms with Gasteiger partial charge in [0.25, 0.3) is 0 Å². The lowest BCUT2D eigenvalue weighted by atomic mass is 9.88. The minimum atomic E-state index is 0.0234. The normalized spacial score (nSPS) is 12.0. The van der Waals surface area contributed by atoms with E-state index in [-0.39, 0.29) is 5.41 Å². The molecule has 24 heavy (non-hydrogen) atoms. The van der Waals surface area contributed by atoms with Crippen molar-refractivity contribution in [3.8, 4) is 11.1 Å². The molecule has 0 amide bonds. The Labute approximate surface area is 143 Å². The van der Waals surface area contributed by atoms with Crippen molar-refractivity contribution in [2.24, 2.45) is 0 Å². The zero-order valence-corrected chi connectivity index (χ0v) is 14.4. The van der Waals surface area contributed by atoms with E-state index in [1.165, 1.54) is 27.3 Å². The summed E-state index contributed by atoms with van der Waals surface area (Å²) in [5, 5.41) is 3.75. The second-order valence-corrected chi connectivity index (χ2v) is 7.38. The maximum atomic E-state index is 4.89. The number of para-hydroxylation sites is 1. The van der Waals surface area contributed by atoms with E-state index in [4.69, 9.17) is 4.98 Å². The molecule has 0 aliphatic heterocycles. The smallest absolute Gasteiger partial charge is 0.0711 e. The fourth-order valence-corrected chi connectivity index (χ4v) is 3.16. The van der Waals surface area contributed by atoms with Crippen LogP contribution in [0.15, 0.2) is 72.8 Å². The Morgan fingerprint density at radius 3 is 2.21 bits per heavy atom. The molecule has 0 spiro atoms. The summed E-state index contributed by atoms with van der Waals surface area (Å²) in [5.74, 6) is 0. The van der Waals surface area contributed by atoms with Crippen molar-refractivity contribution < 1.29 is 0 Å². The number of aromatic nitrogens is 1. The Kier molecular flexibility index (Phi) is 3.38. The number of benzene rings is 3. The lowest BCUT2D eigenvalue weighted by Gasteiger charge is -2.20. The van der Waals surface area contributed by atoms with Crippen LogP contribution < -0.4 is 0 Å². The first-order valence-electron chi connectivity index (χ1n) is 8.42. The molecule has 118 valence electrons. The van der Waals surface area contributed by atoms with Crippen LogP contribution in [0, 0.1) is 0 Å². The van der Waals surface area contributed by atoms with Gasteiger partial charge in [0.05, 0.1) is 5.52 Å². The number of fused-ring (bicyclic) bond motifs is 2. The molecule has 4 rings (SSSR count). The quantitative estimate of drug-likeness (QED) is 0.399. The lowest BCUT2D eigenvalue weighted by Crippen LogP contribution is -2.13. The molecular weight excluding hydrogens is 290 g/mol. The fourth-order valence-electron chi connectivity index (χ4n) is 3.16. The highest BCUT2D eigenvalue weighted by Crippen LogP contribution is 2.33. The van der Waals surface area contributed by atoms with Crippen LogP contribution in [0.4, 0.5) is 0 Å². The van der Waals surface area contributed by atoms with Gasteiger partial charge in [0, 0.05) is 16.5 Å². The zero-order valence-electron chi connectivity index (χ0n) is 14.4. The van der Waals surface area contributed by atoms with Gasteiger partial charge < -0.3 is 0 Å². The van der Waals surface area contributed by atoms with Crippen molar-refractivity contribution in [2.75, 3.05) is 0 Å². The molecule has 1 nitrogen and oxygen atoms in total. The van der Waals surface area contributed by atoms with Crippen LogP contribution in [-0.4, -0.2) is 4.98 Å². The van der Waals surface area contributed by atoms with E-state index in [0.29, 0.717) is 0 Å². The monoisotopic (exact) mass is 311 g/mol. The van der Waals surface area contributed by atoms with Crippen molar-refractivity contribution >= 4 is 21.7 Å². The molecule has 0 radical (unpaired) electrons. The topological polar surface area (TPSA) is 12.9 Å². The number of hydrogen-bond donors (Lipinski definition) is 0. The second kappa shape index (κ2) is 5.45. The second-order valence-electron chi connectivity index (χ2n) is 7.38. The number of hydrogen-bond acceptors (Lipinski definition) is 1. The van der Waals surface area contributed by atoms with E-state index in [1.807, 2.05) is 0 Å². The van der Waals surface area contributed by atoms with Crippen molar-refractivity contribution in [2.45, 2.75) is 26.2 Å². The summed E-state index contributed by atoms with van der Waals surface area (Å²) in [6.45, 7) is 6.65. The molecule has 0 bridgehead atoms. The average Bonchev–Trinajstić information content (AvgIpc) is 2.59. The van der Waals surface area contributed by atoms with Crippen LogP contribution in [-0.2, 0) is 5.41 Å². The largest absolute Gasteiger partial charge is 0.252 e. The highest BCUT2D eigenvalue weighted by molar-refractivity contribution is 5.97. The van der Waals surface area contributed by atoms with E-state index < -0.39 is 0 Å². The Bertz CT molecular complexity index is 1040. The maximum absolute atomic E-state index is 4.89. The molecule has 0 saturated carbocycles. The number of nitrogens with zero attached hydrogens (tertiary/aromatic N) is 1. The summed E-state index contributed by atoms with van der Waals surface area (Å²) >= 11 is 0. The van der Waals surface area contributed by atoms with Gasteiger partial charge in [-0.25, -0.2) is 0 Å². The van der Waals surface area contributed by atoms with Gasteiger partial charge in [0.2, 0.25) is 0 Å². The van der Waals surface area contributed by atoms with Gasteiger partial charge >= 0.3 is 0 Å². The first-order chi connectivity index (χ1) is 11.5. The summed E-state index contributed by atoms with van der Waals surface area (Å²) in [4.78, 5) is 4.89. The highest BCUT2D eigenvalue weighted by Gasteiger charge is 2.18. The molecule has 0 saturated heterocycles. The van der Waals surface area contributed by atoms with E-state index in [1.54, 1.807) is 0 Å². The molecule has 0 unspecified atom stereocenters. The molecule has 0 fully saturated rings. The summed E-state index contributed by atoms with van der Waals surface area (Å²) < 4.78 is 0. The van der Waals surface area contributed by atoms with Gasteiger partial charge in [0.15, 0.2) is 0 Å². The van der Waals surface area contributed by atoms with E-state index in [0.717, 1.165) is 11.2 Å². The Morgan fingerprint density at radius 1 is 0.708 bits per heavy atom. The molecule has 1 heteroatoms. The standard InChI is InChI=1S/C23H21N/c1-23(2,3)22-15-20(19-10-6-7-11-21(19)24-22)18-13-12-16-8-4-5-9-17(16)14-18/h4-15H,1-3H3. The molecule has 0 aliphatic carbocycles. The highest BCUT2D eigenvalue weighted by atomic mass is 14.7. The molecule has 1 aromatic heterocycles. The van der Waals surface area contributed by atoms with Gasteiger partial charge in [-0.3, -0.25) is 4.98 Å². The van der Waals surface area contributed by atoms with Crippen LogP contribution in [0.3, 0.4) is 0 Å². The Balaban J connectivity index is 2.03. The van der Waals surface area contributed by atoms with Gasteiger partial charge in [-0.15, -0.1) is 0 Å². The van der Waals surface area contributed by atoms with Gasteiger partial charge in [-0.05, 0) is 40.1 Å². The predicted molar refractivity (Wildman–Crippen MR) is 103 cm³/mol. The first kappa shape index (κ1) is 14.9. The van der Waals surface area contributed by atoms with Crippen LogP contribution in [0.1, 0.15) is 26.5 Å². The molecule has 1 heterocycles. The minimum absolute atomic E-state index is 0.0234.